The summed E-state index contributed by atoms with van der Waals surface area (Å²) in [7, 11) is 0. The van der Waals surface area contributed by atoms with Crippen LogP contribution in [0.2, 0.25) is 0 Å². The number of nitrogens with zero attached hydrogens (tertiary/aromatic N) is 1. The van der Waals surface area contributed by atoms with Crippen LogP contribution < -0.4 is 0 Å². The predicted octanol–water partition coefficient (Wildman–Crippen LogP) is 3.18. The molecule has 1 aromatic carbocycles. The summed E-state index contributed by atoms with van der Waals surface area (Å²) < 4.78 is 5.95. The molecule has 92 valence electrons. The van der Waals surface area contributed by atoms with Gasteiger partial charge < -0.3 is 4.74 Å². The van der Waals surface area contributed by atoms with E-state index in [1.165, 1.54) is 37.7 Å². The van der Waals surface area contributed by atoms with Crippen LogP contribution in [0.25, 0.3) is 0 Å². The highest BCUT2D eigenvalue weighted by atomic mass is 16.5. The molecule has 3 rings (SSSR count). The summed E-state index contributed by atoms with van der Waals surface area (Å²) >= 11 is 0. The van der Waals surface area contributed by atoms with Gasteiger partial charge in [0.2, 0.25) is 0 Å². The molecule has 1 aliphatic carbocycles. The first-order valence-electron chi connectivity index (χ1n) is 6.83. The van der Waals surface area contributed by atoms with Crippen LogP contribution in [-0.4, -0.2) is 23.8 Å². The van der Waals surface area contributed by atoms with Gasteiger partial charge in [-0.3, -0.25) is 4.90 Å². The molecule has 2 atom stereocenters. The topological polar surface area (TPSA) is 12.5 Å². The second-order valence-corrected chi connectivity index (χ2v) is 5.27. The molecule has 0 spiro atoms. The van der Waals surface area contributed by atoms with Crippen molar-refractivity contribution in [3.63, 3.8) is 0 Å². The molecule has 0 bridgehead atoms. The molecule has 1 saturated carbocycles. The van der Waals surface area contributed by atoms with Gasteiger partial charge in [-0.2, -0.15) is 0 Å². The van der Waals surface area contributed by atoms with E-state index >= 15 is 0 Å². The predicted molar refractivity (Wildman–Crippen MR) is 68.6 cm³/mol. The van der Waals surface area contributed by atoms with Crippen molar-refractivity contribution in [2.24, 2.45) is 0 Å². The maximum absolute atomic E-state index is 5.95. The Kier molecular flexibility index (Phi) is 3.44. The lowest BCUT2D eigenvalue weighted by Gasteiger charge is -2.24. The van der Waals surface area contributed by atoms with Crippen molar-refractivity contribution < 1.29 is 4.74 Å². The summed E-state index contributed by atoms with van der Waals surface area (Å²) in [6, 6.07) is 11.4. The monoisotopic (exact) mass is 231 g/mol. The van der Waals surface area contributed by atoms with Gasteiger partial charge in [-0.05, 0) is 18.4 Å². The number of hydrogen-bond acceptors (Lipinski definition) is 2. The van der Waals surface area contributed by atoms with Crippen LogP contribution in [0.15, 0.2) is 30.3 Å². The van der Waals surface area contributed by atoms with Crippen LogP contribution in [0.1, 0.15) is 37.7 Å². The molecular formula is C15H21NO. The van der Waals surface area contributed by atoms with Gasteiger partial charge in [0, 0.05) is 12.6 Å². The molecule has 0 radical (unpaired) electrons. The van der Waals surface area contributed by atoms with Gasteiger partial charge in [-0.1, -0.05) is 49.6 Å². The second-order valence-electron chi connectivity index (χ2n) is 5.27. The van der Waals surface area contributed by atoms with Crippen LogP contribution in [0, 0.1) is 0 Å². The fraction of sp³-hybridized carbons (Fsp3) is 0.600. The summed E-state index contributed by atoms with van der Waals surface area (Å²) in [6.07, 6.45) is 7.18. The van der Waals surface area contributed by atoms with Crippen molar-refractivity contribution in [2.45, 2.75) is 50.8 Å². The SMILES string of the molecule is c1ccc(CN2CO[C@@H]3CCCCC[C@@H]32)cc1. The van der Waals surface area contributed by atoms with Crippen molar-refractivity contribution in [3.8, 4) is 0 Å². The molecule has 2 nitrogen and oxygen atoms in total. The van der Waals surface area contributed by atoms with E-state index in [1.807, 2.05) is 0 Å². The molecule has 2 heteroatoms. The van der Waals surface area contributed by atoms with Gasteiger partial charge in [-0.15, -0.1) is 0 Å². The van der Waals surface area contributed by atoms with Crippen molar-refractivity contribution in [3.05, 3.63) is 35.9 Å². The minimum absolute atomic E-state index is 0.501. The largest absolute Gasteiger partial charge is 0.361 e. The third-order valence-electron chi connectivity index (χ3n) is 4.07. The second kappa shape index (κ2) is 5.19. The molecule has 1 heterocycles. The molecule has 2 fully saturated rings. The van der Waals surface area contributed by atoms with Crippen LogP contribution >= 0.6 is 0 Å². The van der Waals surface area contributed by atoms with E-state index in [9.17, 15) is 0 Å². The lowest BCUT2D eigenvalue weighted by molar-refractivity contribution is 0.0818. The van der Waals surface area contributed by atoms with E-state index in [2.05, 4.69) is 35.2 Å². The number of ether oxygens (including phenoxy) is 1. The smallest absolute Gasteiger partial charge is 0.100 e. The summed E-state index contributed by atoms with van der Waals surface area (Å²) in [5, 5.41) is 0. The summed E-state index contributed by atoms with van der Waals surface area (Å²) in [5.74, 6) is 0. The van der Waals surface area contributed by atoms with E-state index in [0.29, 0.717) is 12.1 Å². The van der Waals surface area contributed by atoms with Gasteiger partial charge in [0.05, 0.1) is 6.10 Å². The molecule has 1 saturated heterocycles. The van der Waals surface area contributed by atoms with Gasteiger partial charge >= 0.3 is 0 Å². The first kappa shape index (κ1) is 11.2. The fourth-order valence-electron chi connectivity index (χ4n) is 3.13. The standard InChI is InChI=1S/C15H21NO/c1-3-7-13(8-4-1)11-16-12-17-15-10-6-2-5-9-14(15)16/h1,3-4,7-8,14-15H,2,5-6,9-12H2/t14-,15+/m0/s1. The zero-order chi connectivity index (χ0) is 11.5. The third-order valence-corrected chi connectivity index (χ3v) is 4.07. The van der Waals surface area contributed by atoms with E-state index in [0.717, 1.165) is 13.3 Å². The Bertz CT molecular complexity index is 351. The van der Waals surface area contributed by atoms with Crippen LogP contribution in [0.3, 0.4) is 0 Å². The van der Waals surface area contributed by atoms with E-state index < -0.39 is 0 Å². The number of fused-ring (bicyclic) bond motifs is 1. The summed E-state index contributed by atoms with van der Waals surface area (Å²) in [6.45, 7) is 1.87. The quantitative estimate of drug-likeness (QED) is 0.775. The molecule has 0 N–H and O–H groups in total. The van der Waals surface area contributed by atoms with E-state index in [-0.39, 0.29) is 0 Å². The van der Waals surface area contributed by atoms with E-state index in [4.69, 9.17) is 4.74 Å². The van der Waals surface area contributed by atoms with Gasteiger partial charge in [0.25, 0.3) is 0 Å². The molecule has 1 aliphatic heterocycles. The highest BCUT2D eigenvalue weighted by molar-refractivity contribution is 5.14. The Hall–Kier alpha value is -0.860. The van der Waals surface area contributed by atoms with Crippen LogP contribution in [-0.2, 0) is 11.3 Å². The number of rotatable bonds is 2. The van der Waals surface area contributed by atoms with Gasteiger partial charge in [0.15, 0.2) is 0 Å². The zero-order valence-electron chi connectivity index (χ0n) is 10.3. The highest BCUT2D eigenvalue weighted by Crippen LogP contribution is 2.30. The van der Waals surface area contributed by atoms with Crippen molar-refractivity contribution in [1.82, 2.24) is 4.90 Å². The van der Waals surface area contributed by atoms with Crippen molar-refractivity contribution >= 4 is 0 Å². The number of hydrogen-bond donors (Lipinski definition) is 0. The average molecular weight is 231 g/mol. The average Bonchev–Trinajstić information content (AvgIpc) is 2.61. The Morgan fingerprint density at radius 2 is 1.88 bits per heavy atom. The molecule has 17 heavy (non-hydrogen) atoms. The van der Waals surface area contributed by atoms with Gasteiger partial charge in [-0.25, -0.2) is 0 Å². The minimum Gasteiger partial charge on any atom is -0.361 e. The Labute approximate surface area is 104 Å². The maximum Gasteiger partial charge on any atom is 0.100 e. The fourth-order valence-corrected chi connectivity index (χ4v) is 3.13. The lowest BCUT2D eigenvalue weighted by atomic mass is 10.1. The normalized spacial score (nSPS) is 29.9. The minimum atomic E-state index is 0.501. The van der Waals surface area contributed by atoms with Crippen LogP contribution in [0.4, 0.5) is 0 Å². The lowest BCUT2D eigenvalue weighted by Crippen LogP contribution is -2.34. The van der Waals surface area contributed by atoms with Crippen molar-refractivity contribution in [1.29, 1.82) is 0 Å². The maximum atomic E-state index is 5.95. The molecule has 0 aromatic heterocycles. The van der Waals surface area contributed by atoms with Crippen molar-refractivity contribution in [2.75, 3.05) is 6.73 Å². The van der Waals surface area contributed by atoms with Gasteiger partial charge in [0.1, 0.15) is 6.73 Å². The third kappa shape index (κ3) is 2.53. The van der Waals surface area contributed by atoms with E-state index in [1.54, 1.807) is 0 Å². The molecule has 0 amide bonds. The molecular weight excluding hydrogens is 210 g/mol. The Morgan fingerprint density at radius 1 is 1.06 bits per heavy atom. The Morgan fingerprint density at radius 3 is 2.76 bits per heavy atom. The Balaban J connectivity index is 1.67. The molecule has 2 aliphatic rings. The summed E-state index contributed by atoms with van der Waals surface area (Å²) in [4.78, 5) is 2.52. The molecule has 0 unspecified atom stereocenters. The van der Waals surface area contributed by atoms with Crippen LogP contribution in [0.5, 0.6) is 0 Å². The number of benzene rings is 1. The zero-order valence-corrected chi connectivity index (χ0v) is 10.3. The molecule has 1 aromatic rings. The first-order valence-corrected chi connectivity index (χ1v) is 6.83. The highest BCUT2D eigenvalue weighted by Gasteiger charge is 2.35. The first-order chi connectivity index (χ1) is 8.43. The summed E-state index contributed by atoms with van der Waals surface area (Å²) in [5.41, 5.74) is 1.40.